The van der Waals surface area contributed by atoms with Crippen molar-refractivity contribution >= 4 is 24.0 Å². The van der Waals surface area contributed by atoms with Gasteiger partial charge in [-0.15, -0.1) is 0 Å². The van der Waals surface area contributed by atoms with Gasteiger partial charge >= 0.3 is 5.97 Å². The molecule has 0 spiro atoms. The third kappa shape index (κ3) is 7.30. The zero-order valence-corrected chi connectivity index (χ0v) is 13.7. The molecule has 25 heavy (non-hydrogen) atoms. The zero-order valence-electron chi connectivity index (χ0n) is 13.7. The van der Waals surface area contributed by atoms with Crippen LogP contribution in [0.15, 0.2) is 48.8 Å². The molecule has 2 rings (SSSR count). The van der Waals surface area contributed by atoms with Gasteiger partial charge in [0, 0.05) is 18.9 Å². The molecule has 1 heterocycles. The normalized spacial score (nSPS) is 10.6. The van der Waals surface area contributed by atoms with Gasteiger partial charge in [0.15, 0.2) is 0 Å². The minimum absolute atomic E-state index is 0.0823. The van der Waals surface area contributed by atoms with Crippen LogP contribution in [0.3, 0.4) is 0 Å². The van der Waals surface area contributed by atoms with Crippen molar-refractivity contribution < 1.29 is 19.4 Å². The van der Waals surface area contributed by atoms with Crippen LogP contribution < -0.4 is 10.1 Å². The van der Waals surface area contributed by atoms with Gasteiger partial charge in [0.05, 0.1) is 19.4 Å². The molecule has 0 aliphatic rings. The standard InChI is InChI=1S/C19H20N2O4/c22-18(21-13-9-19(23)24)10-14-25-17-5-3-15(4-6-17)1-2-16-7-11-20-12-8-16/h1-8,11-12H,9-10,13-14H2,(H,21,22)(H,23,24)/b2-1+. The lowest BCUT2D eigenvalue weighted by molar-refractivity contribution is -0.136. The van der Waals surface area contributed by atoms with Gasteiger partial charge in [-0.05, 0) is 35.4 Å². The number of carbonyl (C=O) groups is 2. The molecule has 1 aromatic heterocycles. The van der Waals surface area contributed by atoms with E-state index in [2.05, 4.69) is 10.3 Å². The van der Waals surface area contributed by atoms with Crippen molar-refractivity contribution in [1.29, 1.82) is 0 Å². The van der Waals surface area contributed by atoms with Crippen LogP contribution in [-0.2, 0) is 9.59 Å². The van der Waals surface area contributed by atoms with Gasteiger partial charge in [-0.2, -0.15) is 0 Å². The van der Waals surface area contributed by atoms with Crippen molar-refractivity contribution in [2.75, 3.05) is 13.2 Å². The monoisotopic (exact) mass is 340 g/mol. The Kier molecular flexibility index (Phi) is 7.18. The largest absolute Gasteiger partial charge is 0.493 e. The van der Waals surface area contributed by atoms with E-state index in [9.17, 15) is 9.59 Å². The Morgan fingerprint density at radius 3 is 2.28 bits per heavy atom. The number of pyridine rings is 1. The van der Waals surface area contributed by atoms with Crippen LogP contribution >= 0.6 is 0 Å². The molecule has 0 atom stereocenters. The fraction of sp³-hybridized carbons (Fsp3) is 0.211. The molecule has 0 unspecified atom stereocenters. The van der Waals surface area contributed by atoms with Crippen LogP contribution in [0.2, 0.25) is 0 Å². The highest BCUT2D eigenvalue weighted by atomic mass is 16.5. The maximum Gasteiger partial charge on any atom is 0.305 e. The van der Waals surface area contributed by atoms with Crippen LogP contribution in [0.5, 0.6) is 5.75 Å². The number of aromatic nitrogens is 1. The molecule has 0 saturated carbocycles. The molecule has 6 heteroatoms. The summed E-state index contributed by atoms with van der Waals surface area (Å²) in [7, 11) is 0. The molecular weight excluding hydrogens is 320 g/mol. The molecule has 1 aromatic carbocycles. The van der Waals surface area contributed by atoms with Gasteiger partial charge in [0.1, 0.15) is 5.75 Å². The first-order chi connectivity index (χ1) is 12.1. The second-order valence-electron chi connectivity index (χ2n) is 5.28. The molecule has 2 N–H and O–H groups in total. The van der Waals surface area contributed by atoms with Crippen LogP contribution in [0.1, 0.15) is 24.0 Å². The van der Waals surface area contributed by atoms with E-state index in [0.29, 0.717) is 5.75 Å². The smallest absolute Gasteiger partial charge is 0.305 e. The number of ether oxygens (including phenoxy) is 1. The van der Waals surface area contributed by atoms with Crippen LogP contribution in [-0.4, -0.2) is 35.1 Å². The summed E-state index contributed by atoms with van der Waals surface area (Å²) < 4.78 is 5.51. The molecule has 130 valence electrons. The number of hydrogen-bond acceptors (Lipinski definition) is 4. The van der Waals surface area contributed by atoms with Gasteiger partial charge in [-0.3, -0.25) is 14.6 Å². The number of nitrogens with zero attached hydrogens (tertiary/aromatic N) is 1. The number of carbonyl (C=O) groups excluding carboxylic acids is 1. The molecule has 0 fully saturated rings. The Morgan fingerprint density at radius 1 is 1.00 bits per heavy atom. The third-order valence-electron chi connectivity index (χ3n) is 3.31. The number of carboxylic acids is 1. The van der Waals surface area contributed by atoms with E-state index in [-0.39, 0.29) is 31.9 Å². The topological polar surface area (TPSA) is 88.5 Å². The predicted molar refractivity (Wildman–Crippen MR) is 95.0 cm³/mol. The van der Waals surface area contributed by atoms with Crippen molar-refractivity contribution in [3.8, 4) is 5.75 Å². The minimum Gasteiger partial charge on any atom is -0.493 e. The van der Waals surface area contributed by atoms with Crippen LogP contribution in [0, 0.1) is 0 Å². The molecule has 0 bridgehead atoms. The fourth-order valence-corrected chi connectivity index (χ4v) is 2.00. The van der Waals surface area contributed by atoms with Gasteiger partial charge in [0.25, 0.3) is 0 Å². The van der Waals surface area contributed by atoms with E-state index >= 15 is 0 Å². The summed E-state index contributed by atoms with van der Waals surface area (Å²) in [6, 6.07) is 11.4. The minimum atomic E-state index is -0.936. The Hall–Kier alpha value is -3.15. The van der Waals surface area contributed by atoms with Crippen molar-refractivity contribution in [3.63, 3.8) is 0 Å². The molecule has 6 nitrogen and oxygen atoms in total. The second-order valence-corrected chi connectivity index (χ2v) is 5.28. The zero-order chi connectivity index (χ0) is 17.9. The Bertz CT molecular complexity index is 712. The van der Waals surface area contributed by atoms with Gasteiger partial charge in [-0.25, -0.2) is 0 Å². The maximum absolute atomic E-state index is 11.5. The van der Waals surface area contributed by atoms with Crippen LogP contribution in [0.25, 0.3) is 12.2 Å². The molecule has 1 amide bonds. The average molecular weight is 340 g/mol. The summed E-state index contributed by atoms with van der Waals surface area (Å²) in [5, 5.41) is 11.0. The summed E-state index contributed by atoms with van der Waals surface area (Å²) >= 11 is 0. The van der Waals surface area contributed by atoms with Gasteiger partial charge in [0.2, 0.25) is 5.91 Å². The van der Waals surface area contributed by atoms with E-state index in [4.69, 9.17) is 9.84 Å². The first kappa shape index (κ1) is 18.2. The van der Waals surface area contributed by atoms with Crippen molar-refractivity contribution in [1.82, 2.24) is 10.3 Å². The lowest BCUT2D eigenvalue weighted by atomic mass is 10.1. The molecule has 2 aromatic rings. The summed E-state index contributed by atoms with van der Waals surface area (Å²) in [6.07, 6.45) is 7.58. The van der Waals surface area contributed by atoms with Crippen molar-refractivity contribution in [2.24, 2.45) is 0 Å². The highest BCUT2D eigenvalue weighted by molar-refractivity contribution is 5.76. The van der Waals surface area contributed by atoms with E-state index in [0.717, 1.165) is 11.1 Å². The lowest BCUT2D eigenvalue weighted by Crippen LogP contribution is -2.27. The Balaban J connectivity index is 1.72. The number of hydrogen-bond donors (Lipinski definition) is 2. The quantitative estimate of drug-likeness (QED) is 0.732. The highest BCUT2D eigenvalue weighted by Crippen LogP contribution is 2.14. The number of amides is 1. The fourth-order valence-electron chi connectivity index (χ4n) is 2.00. The summed E-state index contributed by atoms with van der Waals surface area (Å²) in [5.74, 6) is -0.479. The summed E-state index contributed by atoms with van der Waals surface area (Å²) in [5.41, 5.74) is 2.11. The van der Waals surface area contributed by atoms with E-state index in [1.165, 1.54) is 0 Å². The second kappa shape index (κ2) is 9.87. The molecule has 0 saturated heterocycles. The van der Waals surface area contributed by atoms with Crippen molar-refractivity contribution in [2.45, 2.75) is 12.8 Å². The average Bonchev–Trinajstić information content (AvgIpc) is 2.61. The third-order valence-corrected chi connectivity index (χ3v) is 3.31. The first-order valence-electron chi connectivity index (χ1n) is 7.93. The maximum atomic E-state index is 11.5. The van der Waals surface area contributed by atoms with Gasteiger partial charge < -0.3 is 15.2 Å². The number of rotatable bonds is 9. The first-order valence-corrected chi connectivity index (χ1v) is 7.93. The predicted octanol–water partition coefficient (Wildman–Crippen LogP) is 2.61. The molecular formula is C19H20N2O4. The van der Waals surface area contributed by atoms with Crippen LogP contribution in [0.4, 0.5) is 0 Å². The highest BCUT2D eigenvalue weighted by Gasteiger charge is 2.03. The number of carboxylic acid groups (broad SMARTS) is 1. The Labute approximate surface area is 146 Å². The lowest BCUT2D eigenvalue weighted by Gasteiger charge is -2.07. The van der Waals surface area contributed by atoms with E-state index < -0.39 is 5.97 Å². The van der Waals surface area contributed by atoms with E-state index in [1.807, 2.05) is 48.6 Å². The molecule has 0 aliphatic heterocycles. The molecule has 0 radical (unpaired) electrons. The van der Waals surface area contributed by atoms with Crippen molar-refractivity contribution in [3.05, 3.63) is 59.9 Å². The summed E-state index contributed by atoms with van der Waals surface area (Å²) in [4.78, 5) is 25.8. The number of benzene rings is 1. The summed E-state index contributed by atoms with van der Waals surface area (Å²) in [6.45, 7) is 0.373. The number of nitrogens with one attached hydrogen (secondary N) is 1. The molecule has 0 aliphatic carbocycles. The SMILES string of the molecule is O=C(O)CCNC(=O)CCOc1ccc(/C=C/c2ccncc2)cc1. The van der Waals surface area contributed by atoms with E-state index in [1.54, 1.807) is 12.4 Å². The van der Waals surface area contributed by atoms with Gasteiger partial charge in [-0.1, -0.05) is 24.3 Å². The Morgan fingerprint density at radius 2 is 1.64 bits per heavy atom. The number of aliphatic carboxylic acids is 1.